The Labute approximate surface area is 152 Å². The van der Waals surface area contributed by atoms with Crippen LogP contribution in [0.4, 0.5) is 18.9 Å². The number of methoxy groups -OCH3 is 1. The third-order valence-corrected chi connectivity index (χ3v) is 3.63. The van der Waals surface area contributed by atoms with Crippen molar-refractivity contribution >= 4 is 11.6 Å². The Kier molecular flexibility index (Phi) is 6.39. The van der Waals surface area contributed by atoms with Crippen molar-refractivity contribution in [1.29, 1.82) is 0 Å². The van der Waals surface area contributed by atoms with E-state index >= 15 is 0 Å². The number of amides is 1. The number of nitrogens with one attached hydrogen (secondary N) is 1. The summed E-state index contributed by atoms with van der Waals surface area (Å²) in [7, 11) is 2.81. The minimum Gasteiger partial charge on any atom is -0.475 e. The minimum absolute atomic E-state index is 0.156. The van der Waals surface area contributed by atoms with Gasteiger partial charge in [-0.15, -0.1) is 0 Å². The summed E-state index contributed by atoms with van der Waals surface area (Å²) in [5.74, 6) is -1.46. The molecule has 2 rings (SSSR count). The van der Waals surface area contributed by atoms with Crippen LogP contribution < -0.4 is 10.1 Å². The lowest BCUT2D eigenvalue weighted by atomic mass is 9.97. The molecule has 0 bridgehead atoms. The molecule has 0 aliphatic heterocycles. The molecule has 0 fully saturated rings. The molecule has 0 spiro atoms. The van der Waals surface area contributed by atoms with E-state index < -0.39 is 29.9 Å². The van der Waals surface area contributed by atoms with Gasteiger partial charge < -0.3 is 24.5 Å². The SMILES string of the molecule is COCCOc1ccc(NC(=O)CC(O)(c2nccn2C)C(F)(F)F)cn1. The maximum atomic E-state index is 13.4. The van der Waals surface area contributed by atoms with Crippen molar-refractivity contribution in [2.24, 2.45) is 7.05 Å². The highest BCUT2D eigenvalue weighted by Gasteiger charge is 2.58. The van der Waals surface area contributed by atoms with E-state index in [2.05, 4.69) is 15.3 Å². The summed E-state index contributed by atoms with van der Waals surface area (Å²) in [5, 5.41) is 12.5. The van der Waals surface area contributed by atoms with E-state index in [0.29, 0.717) is 6.61 Å². The molecule has 1 amide bonds. The van der Waals surface area contributed by atoms with Crippen LogP contribution in [0.25, 0.3) is 0 Å². The number of alkyl halides is 3. The van der Waals surface area contributed by atoms with Gasteiger partial charge in [0.15, 0.2) is 5.82 Å². The van der Waals surface area contributed by atoms with Crippen LogP contribution in [0.5, 0.6) is 5.88 Å². The second-order valence-electron chi connectivity index (χ2n) is 5.67. The number of hydrogen-bond donors (Lipinski definition) is 2. The molecule has 0 aromatic carbocycles. The van der Waals surface area contributed by atoms with Gasteiger partial charge in [0, 0.05) is 32.6 Å². The van der Waals surface area contributed by atoms with Gasteiger partial charge in [-0.1, -0.05) is 0 Å². The highest BCUT2D eigenvalue weighted by atomic mass is 19.4. The second-order valence-corrected chi connectivity index (χ2v) is 5.67. The van der Waals surface area contributed by atoms with E-state index in [4.69, 9.17) is 9.47 Å². The van der Waals surface area contributed by atoms with E-state index in [9.17, 15) is 23.1 Å². The molecule has 0 radical (unpaired) electrons. The predicted molar refractivity (Wildman–Crippen MR) is 88.0 cm³/mol. The molecule has 1 unspecified atom stereocenters. The predicted octanol–water partition coefficient (Wildman–Crippen LogP) is 1.62. The molecule has 8 nitrogen and oxygen atoms in total. The smallest absolute Gasteiger partial charge is 0.425 e. The number of aliphatic hydroxyl groups is 1. The molecule has 0 aliphatic carbocycles. The molecule has 11 heteroatoms. The Morgan fingerprint density at radius 3 is 2.56 bits per heavy atom. The summed E-state index contributed by atoms with van der Waals surface area (Å²) in [6, 6.07) is 2.86. The third kappa shape index (κ3) is 4.95. The molecule has 0 saturated carbocycles. The van der Waals surface area contributed by atoms with Crippen LogP contribution in [0, 0.1) is 0 Å². The first-order valence-electron chi connectivity index (χ1n) is 7.82. The number of ether oxygens (including phenoxy) is 2. The van der Waals surface area contributed by atoms with Gasteiger partial charge in [0.1, 0.15) is 6.61 Å². The van der Waals surface area contributed by atoms with Gasteiger partial charge in [-0.05, 0) is 6.07 Å². The van der Waals surface area contributed by atoms with Crippen molar-refractivity contribution in [3.05, 3.63) is 36.5 Å². The zero-order valence-corrected chi connectivity index (χ0v) is 14.7. The van der Waals surface area contributed by atoms with Crippen LogP contribution >= 0.6 is 0 Å². The number of hydrogen-bond acceptors (Lipinski definition) is 6. The highest BCUT2D eigenvalue weighted by molar-refractivity contribution is 5.91. The Bertz CT molecular complexity index is 764. The van der Waals surface area contributed by atoms with E-state index in [1.807, 2.05) is 0 Å². The molecule has 27 heavy (non-hydrogen) atoms. The van der Waals surface area contributed by atoms with Crippen LogP contribution in [0.15, 0.2) is 30.7 Å². The van der Waals surface area contributed by atoms with Gasteiger partial charge in [-0.2, -0.15) is 13.2 Å². The topological polar surface area (TPSA) is 98.5 Å². The van der Waals surface area contributed by atoms with Gasteiger partial charge >= 0.3 is 6.18 Å². The first kappa shape index (κ1) is 20.6. The number of carbonyl (C=O) groups is 1. The molecular formula is C16H19F3N4O4. The summed E-state index contributed by atoms with van der Waals surface area (Å²) < 4.78 is 51.3. The van der Waals surface area contributed by atoms with Gasteiger partial charge in [-0.25, -0.2) is 9.97 Å². The molecule has 2 aromatic heterocycles. The summed E-state index contributed by atoms with van der Waals surface area (Å²) in [6.07, 6.45) is -2.77. The normalized spacial score (nSPS) is 13.9. The number of aryl methyl sites for hydroxylation is 1. The highest BCUT2D eigenvalue weighted by Crippen LogP contribution is 2.40. The van der Waals surface area contributed by atoms with E-state index in [-0.39, 0.29) is 18.2 Å². The number of aromatic nitrogens is 3. The Hall–Kier alpha value is -2.66. The van der Waals surface area contributed by atoms with Crippen molar-refractivity contribution in [1.82, 2.24) is 14.5 Å². The average Bonchev–Trinajstić information content (AvgIpc) is 3.02. The maximum Gasteiger partial charge on any atom is 0.425 e. The number of anilines is 1. The van der Waals surface area contributed by atoms with Crippen LogP contribution in [0.2, 0.25) is 0 Å². The molecule has 2 heterocycles. The number of rotatable bonds is 8. The first-order chi connectivity index (χ1) is 12.7. The number of carbonyl (C=O) groups excluding carboxylic acids is 1. The Morgan fingerprint density at radius 2 is 2.04 bits per heavy atom. The van der Waals surface area contributed by atoms with Gasteiger partial charge in [0.25, 0.3) is 0 Å². The molecule has 0 saturated heterocycles. The zero-order chi connectivity index (χ0) is 20.1. The van der Waals surface area contributed by atoms with Crippen molar-refractivity contribution in [3.63, 3.8) is 0 Å². The summed E-state index contributed by atoms with van der Waals surface area (Å²) in [5.41, 5.74) is -3.27. The minimum atomic E-state index is -5.10. The maximum absolute atomic E-state index is 13.4. The van der Waals surface area contributed by atoms with Crippen molar-refractivity contribution < 1.29 is 32.5 Å². The monoisotopic (exact) mass is 388 g/mol. The number of imidazole rings is 1. The number of halogens is 3. The second kappa shape index (κ2) is 8.35. The quantitative estimate of drug-likeness (QED) is 0.667. The Balaban J connectivity index is 2.07. The van der Waals surface area contributed by atoms with Crippen LogP contribution in [-0.2, 0) is 22.2 Å². The lowest BCUT2D eigenvalue weighted by Gasteiger charge is -2.29. The van der Waals surface area contributed by atoms with Gasteiger partial charge in [0.05, 0.1) is 24.9 Å². The lowest BCUT2D eigenvalue weighted by Crippen LogP contribution is -2.46. The number of nitrogens with zero attached hydrogens (tertiary/aromatic N) is 3. The molecule has 1 atom stereocenters. The van der Waals surface area contributed by atoms with Crippen molar-refractivity contribution in [3.8, 4) is 5.88 Å². The number of pyridine rings is 1. The lowest BCUT2D eigenvalue weighted by molar-refractivity contribution is -0.270. The Morgan fingerprint density at radius 1 is 1.30 bits per heavy atom. The fourth-order valence-electron chi connectivity index (χ4n) is 2.28. The molecule has 2 N–H and O–H groups in total. The van der Waals surface area contributed by atoms with Crippen molar-refractivity contribution in [2.75, 3.05) is 25.6 Å². The molecular weight excluding hydrogens is 369 g/mol. The van der Waals surface area contributed by atoms with Crippen molar-refractivity contribution in [2.45, 2.75) is 18.2 Å². The standard InChI is InChI=1S/C16H19F3N4O4/c1-23-6-5-20-14(23)15(25,16(17,18)19)9-12(24)22-11-3-4-13(21-10-11)27-8-7-26-2/h3-6,10,25H,7-9H2,1-2H3,(H,22,24). The fraction of sp³-hybridized carbons (Fsp3) is 0.438. The van der Waals surface area contributed by atoms with Crippen LogP contribution in [0.1, 0.15) is 12.2 Å². The summed E-state index contributed by atoms with van der Waals surface area (Å²) in [4.78, 5) is 19.5. The summed E-state index contributed by atoms with van der Waals surface area (Å²) in [6.45, 7) is 0.640. The third-order valence-electron chi connectivity index (χ3n) is 3.63. The molecule has 148 valence electrons. The zero-order valence-electron chi connectivity index (χ0n) is 14.7. The van der Waals surface area contributed by atoms with E-state index in [0.717, 1.165) is 10.8 Å². The van der Waals surface area contributed by atoms with Gasteiger partial charge in [-0.3, -0.25) is 4.79 Å². The largest absolute Gasteiger partial charge is 0.475 e. The molecule has 2 aromatic rings. The average molecular weight is 388 g/mol. The fourth-order valence-corrected chi connectivity index (χ4v) is 2.28. The van der Waals surface area contributed by atoms with Crippen LogP contribution in [0.3, 0.4) is 0 Å². The molecule has 0 aliphatic rings. The van der Waals surface area contributed by atoms with Crippen LogP contribution in [-0.4, -0.2) is 52.0 Å². The first-order valence-corrected chi connectivity index (χ1v) is 7.82. The van der Waals surface area contributed by atoms with E-state index in [1.54, 1.807) is 0 Å². The van der Waals surface area contributed by atoms with E-state index in [1.165, 1.54) is 38.7 Å². The summed E-state index contributed by atoms with van der Waals surface area (Å²) >= 11 is 0. The van der Waals surface area contributed by atoms with Gasteiger partial charge in [0.2, 0.25) is 17.4 Å².